The number of benzene rings is 1. The van der Waals surface area contributed by atoms with Gasteiger partial charge in [-0.2, -0.15) is 0 Å². The molecule has 0 spiro atoms. The lowest BCUT2D eigenvalue weighted by Crippen LogP contribution is -2.38. The van der Waals surface area contributed by atoms with E-state index in [2.05, 4.69) is 5.32 Å². The average molecular weight is 211 g/mol. The van der Waals surface area contributed by atoms with Gasteiger partial charge < -0.3 is 5.32 Å². The van der Waals surface area contributed by atoms with Gasteiger partial charge in [0.2, 0.25) is 0 Å². The van der Waals surface area contributed by atoms with Crippen molar-refractivity contribution in [3.05, 3.63) is 35.9 Å². The molecule has 3 nitrogen and oxygen atoms in total. The normalized spacial score (nSPS) is 25.9. The van der Waals surface area contributed by atoms with E-state index < -0.39 is 9.84 Å². The van der Waals surface area contributed by atoms with Gasteiger partial charge in [0.1, 0.15) is 0 Å². The Bertz CT molecular complexity index is 399. The quantitative estimate of drug-likeness (QED) is 0.745. The van der Waals surface area contributed by atoms with Gasteiger partial charge in [0.25, 0.3) is 0 Å². The Labute approximate surface area is 84.1 Å². The van der Waals surface area contributed by atoms with Crippen LogP contribution >= 0.6 is 0 Å². The summed E-state index contributed by atoms with van der Waals surface area (Å²) in [4.78, 5) is 0. The van der Waals surface area contributed by atoms with Crippen LogP contribution in [0.4, 0.5) is 0 Å². The van der Waals surface area contributed by atoms with Crippen molar-refractivity contribution in [1.29, 1.82) is 0 Å². The molecule has 1 N–H and O–H groups in total. The maximum atomic E-state index is 11.7. The molecule has 1 aromatic carbocycles. The van der Waals surface area contributed by atoms with E-state index in [0.717, 1.165) is 5.56 Å². The van der Waals surface area contributed by atoms with Gasteiger partial charge in [0, 0.05) is 13.1 Å². The molecular weight excluding hydrogens is 198 g/mol. The van der Waals surface area contributed by atoms with E-state index in [1.54, 1.807) is 0 Å². The Morgan fingerprint density at radius 1 is 1.21 bits per heavy atom. The van der Waals surface area contributed by atoms with Crippen molar-refractivity contribution >= 4 is 9.84 Å². The second-order valence-electron chi connectivity index (χ2n) is 3.47. The minimum atomic E-state index is -2.94. The molecule has 4 heteroatoms. The molecule has 14 heavy (non-hydrogen) atoms. The molecule has 0 bridgehead atoms. The molecule has 0 aliphatic carbocycles. The molecule has 0 amide bonds. The fourth-order valence-electron chi connectivity index (χ4n) is 1.71. The fraction of sp³-hybridized carbons (Fsp3) is 0.400. The summed E-state index contributed by atoms with van der Waals surface area (Å²) in [5.74, 6) is 0.243. The third kappa shape index (κ3) is 1.81. The molecule has 1 heterocycles. The second-order valence-corrected chi connectivity index (χ2v) is 5.77. The maximum Gasteiger partial charge on any atom is 0.159 e. The zero-order valence-electron chi connectivity index (χ0n) is 7.81. The predicted molar refractivity (Wildman–Crippen MR) is 55.8 cm³/mol. The first-order valence-electron chi connectivity index (χ1n) is 4.67. The predicted octanol–water partition coefficient (Wildman–Crippen LogP) is 0.746. The average Bonchev–Trinajstić information content (AvgIpc) is 2.18. The molecule has 76 valence electrons. The van der Waals surface area contributed by atoms with E-state index in [9.17, 15) is 8.42 Å². The zero-order chi connectivity index (χ0) is 10.0. The smallest absolute Gasteiger partial charge is 0.159 e. The van der Waals surface area contributed by atoms with Gasteiger partial charge in [-0.25, -0.2) is 8.42 Å². The molecule has 1 aliphatic rings. The van der Waals surface area contributed by atoms with Crippen LogP contribution in [0.15, 0.2) is 30.3 Å². The molecule has 1 aliphatic heterocycles. The SMILES string of the molecule is O=S1(=O)CCNCC1c1ccccc1. The summed E-state index contributed by atoms with van der Waals surface area (Å²) in [6.07, 6.45) is 0. The summed E-state index contributed by atoms with van der Waals surface area (Å²) in [5.41, 5.74) is 0.889. The van der Waals surface area contributed by atoms with Gasteiger partial charge in [-0.3, -0.25) is 0 Å². The number of hydrogen-bond acceptors (Lipinski definition) is 3. The topological polar surface area (TPSA) is 46.2 Å². The largest absolute Gasteiger partial charge is 0.314 e. The van der Waals surface area contributed by atoms with Crippen molar-refractivity contribution < 1.29 is 8.42 Å². The van der Waals surface area contributed by atoms with Crippen LogP contribution in [0, 0.1) is 0 Å². The molecule has 0 saturated carbocycles. The van der Waals surface area contributed by atoms with E-state index in [0.29, 0.717) is 13.1 Å². The van der Waals surface area contributed by atoms with Crippen LogP contribution in [0.25, 0.3) is 0 Å². The Morgan fingerprint density at radius 2 is 1.93 bits per heavy atom. The summed E-state index contributed by atoms with van der Waals surface area (Å²) in [6.45, 7) is 1.11. The van der Waals surface area contributed by atoms with Crippen molar-refractivity contribution in [2.75, 3.05) is 18.8 Å². The highest BCUT2D eigenvalue weighted by molar-refractivity contribution is 7.91. The first-order valence-corrected chi connectivity index (χ1v) is 6.39. The monoisotopic (exact) mass is 211 g/mol. The Balaban J connectivity index is 2.34. The third-order valence-electron chi connectivity index (χ3n) is 2.50. The van der Waals surface area contributed by atoms with Crippen molar-refractivity contribution in [3.8, 4) is 0 Å². The Kier molecular flexibility index (Phi) is 2.56. The summed E-state index contributed by atoms with van der Waals surface area (Å²) < 4.78 is 23.5. The summed E-state index contributed by atoms with van der Waals surface area (Å²) in [5, 5.41) is 2.75. The molecule has 0 radical (unpaired) electrons. The summed E-state index contributed by atoms with van der Waals surface area (Å²) in [7, 11) is -2.94. The minimum Gasteiger partial charge on any atom is -0.314 e. The van der Waals surface area contributed by atoms with Crippen molar-refractivity contribution in [2.24, 2.45) is 0 Å². The van der Waals surface area contributed by atoms with Crippen LogP contribution in [0.1, 0.15) is 10.8 Å². The van der Waals surface area contributed by atoms with Crippen LogP contribution in [0.2, 0.25) is 0 Å². The fourth-order valence-corrected chi connectivity index (χ4v) is 3.37. The highest BCUT2D eigenvalue weighted by Gasteiger charge is 2.29. The number of sulfone groups is 1. The lowest BCUT2D eigenvalue weighted by Gasteiger charge is -2.23. The number of nitrogens with one attached hydrogen (secondary N) is 1. The third-order valence-corrected chi connectivity index (χ3v) is 4.58. The van der Waals surface area contributed by atoms with E-state index in [1.807, 2.05) is 30.3 Å². The Morgan fingerprint density at radius 3 is 2.57 bits per heavy atom. The standard InChI is InChI=1S/C10H13NO2S/c12-14(13)7-6-11-8-10(14)9-4-2-1-3-5-9/h1-5,10-11H,6-8H2. The van der Waals surface area contributed by atoms with Crippen LogP contribution in [0.3, 0.4) is 0 Å². The van der Waals surface area contributed by atoms with Gasteiger partial charge in [-0.05, 0) is 5.56 Å². The molecular formula is C10H13NO2S. The lowest BCUT2D eigenvalue weighted by atomic mass is 10.1. The second kappa shape index (κ2) is 3.71. The van der Waals surface area contributed by atoms with E-state index in [1.165, 1.54) is 0 Å². The number of rotatable bonds is 1. The van der Waals surface area contributed by atoms with E-state index >= 15 is 0 Å². The van der Waals surface area contributed by atoms with E-state index in [-0.39, 0.29) is 11.0 Å². The molecule has 1 saturated heterocycles. The van der Waals surface area contributed by atoms with Crippen molar-refractivity contribution in [2.45, 2.75) is 5.25 Å². The Hall–Kier alpha value is -0.870. The van der Waals surface area contributed by atoms with Crippen molar-refractivity contribution in [3.63, 3.8) is 0 Å². The molecule has 1 atom stereocenters. The van der Waals surface area contributed by atoms with Gasteiger partial charge in [-0.1, -0.05) is 30.3 Å². The van der Waals surface area contributed by atoms with Gasteiger partial charge in [-0.15, -0.1) is 0 Å². The first kappa shape index (κ1) is 9.68. The molecule has 2 rings (SSSR count). The van der Waals surface area contributed by atoms with E-state index in [4.69, 9.17) is 0 Å². The van der Waals surface area contributed by atoms with Crippen LogP contribution in [-0.4, -0.2) is 27.3 Å². The minimum absolute atomic E-state index is 0.243. The molecule has 0 aromatic heterocycles. The first-order chi connectivity index (χ1) is 6.70. The molecule has 1 fully saturated rings. The van der Waals surface area contributed by atoms with Crippen LogP contribution in [0.5, 0.6) is 0 Å². The number of hydrogen-bond donors (Lipinski definition) is 1. The van der Waals surface area contributed by atoms with Gasteiger partial charge >= 0.3 is 0 Å². The summed E-state index contributed by atoms with van der Waals surface area (Å²) in [6, 6.07) is 9.38. The van der Waals surface area contributed by atoms with Crippen LogP contribution < -0.4 is 5.32 Å². The molecule has 1 aromatic rings. The zero-order valence-corrected chi connectivity index (χ0v) is 8.63. The van der Waals surface area contributed by atoms with Gasteiger partial charge in [0.05, 0.1) is 11.0 Å². The summed E-state index contributed by atoms with van der Waals surface area (Å²) >= 11 is 0. The van der Waals surface area contributed by atoms with Crippen LogP contribution in [-0.2, 0) is 9.84 Å². The van der Waals surface area contributed by atoms with Crippen molar-refractivity contribution in [1.82, 2.24) is 5.32 Å². The highest BCUT2D eigenvalue weighted by atomic mass is 32.2. The van der Waals surface area contributed by atoms with Gasteiger partial charge in [0.15, 0.2) is 9.84 Å². The lowest BCUT2D eigenvalue weighted by molar-refractivity contribution is 0.551. The maximum absolute atomic E-state index is 11.7. The molecule has 1 unspecified atom stereocenters. The highest BCUT2D eigenvalue weighted by Crippen LogP contribution is 2.23.